The van der Waals surface area contributed by atoms with Gasteiger partial charge in [0.05, 0.1) is 17.7 Å². The SMILES string of the molecule is CC(C)Oc1ccccc1NC(=O)C1CCCN(C(=O)C(C)(C)C)C1. The number of amides is 2. The fourth-order valence-electron chi connectivity index (χ4n) is 3.01. The summed E-state index contributed by atoms with van der Waals surface area (Å²) in [6.45, 7) is 10.9. The molecule has 25 heavy (non-hydrogen) atoms. The van der Waals surface area contributed by atoms with Crippen molar-refractivity contribution in [2.75, 3.05) is 18.4 Å². The molecule has 138 valence electrons. The Morgan fingerprint density at radius 3 is 2.56 bits per heavy atom. The summed E-state index contributed by atoms with van der Waals surface area (Å²) in [5.74, 6) is 0.538. The Morgan fingerprint density at radius 1 is 1.24 bits per heavy atom. The van der Waals surface area contributed by atoms with Crippen LogP contribution in [0.1, 0.15) is 47.5 Å². The highest BCUT2D eigenvalue weighted by Crippen LogP contribution is 2.28. The highest BCUT2D eigenvalue weighted by Gasteiger charge is 2.33. The molecule has 1 heterocycles. The zero-order valence-corrected chi connectivity index (χ0v) is 16.0. The Hall–Kier alpha value is -2.04. The maximum absolute atomic E-state index is 12.7. The molecular formula is C20H30N2O3. The third kappa shape index (κ3) is 5.21. The van der Waals surface area contributed by atoms with Crippen molar-refractivity contribution < 1.29 is 14.3 Å². The van der Waals surface area contributed by atoms with Crippen LogP contribution in [0.4, 0.5) is 5.69 Å². The van der Waals surface area contributed by atoms with Crippen LogP contribution in [0.15, 0.2) is 24.3 Å². The number of hydrogen-bond donors (Lipinski definition) is 1. The summed E-state index contributed by atoms with van der Waals surface area (Å²) in [4.78, 5) is 27.0. The van der Waals surface area contributed by atoms with Crippen LogP contribution < -0.4 is 10.1 Å². The first-order valence-corrected chi connectivity index (χ1v) is 9.04. The van der Waals surface area contributed by atoms with Crippen LogP contribution in [0.2, 0.25) is 0 Å². The van der Waals surface area contributed by atoms with Gasteiger partial charge in [0, 0.05) is 18.5 Å². The number of ether oxygens (including phenoxy) is 1. The van der Waals surface area contributed by atoms with Crippen LogP contribution in [-0.2, 0) is 9.59 Å². The molecule has 1 saturated heterocycles. The lowest BCUT2D eigenvalue weighted by Crippen LogP contribution is -2.47. The van der Waals surface area contributed by atoms with Gasteiger partial charge in [-0.25, -0.2) is 0 Å². The Balaban J connectivity index is 2.05. The number of piperidine rings is 1. The van der Waals surface area contributed by atoms with Gasteiger partial charge in [-0.05, 0) is 38.8 Å². The Morgan fingerprint density at radius 2 is 1.92 bits per heavy atom. The second kappa shape index (κ2) is 7.89. The number of nitrogens with one attached hydrogen (secondary N) is 1. The lowest BCUT2D eigenvalue weighted by molar-refractivity contribution is -0.142. The van der Waals surface area contributed by atoms with Crippen molar-refractivity contribution in [1.29, 1.82) is 0 Å². The van der Waals surface area contributed by atoms with E-state index in [2.05, 4.69) is 5.32 Å². The molecule has 1 N–H and O–H groups in total. The van der Waals surface area contributed by atoms with Crippen molar-refractivity contribution in [1.82, 2.24) is 4.90 Å². The van der Waals surface area contributed by atoms with Crippen LogP contribution in [0.25, 0.3) is 0 Å². The van der Waals surface area contributed by atoms with E-state index in [1.807, 2.05) is 63.8 Å². The van der Waals surface area contributed by atoms with Gasteiger partial charge in [0.25, 0.3) is 0 Å². The first-order valence-electron chi connectivity index (χ1n) is 9.04. The van der Waals surface area contributed by atoms with Crippen molar-refractivity contribution in [2.24, 2.45) is 11.3 Å². The van der Waals surface area contributed by atoms with Gasteiger partial charge < -0.3 is 15.0 Å². The van der Waals surface area contributed by atoms with Crippen molar-refractivity contribution in [2.45, 2.75) is 53.6 Å². The summed E-state index contributed by atoms with van der Waals surface area (Å²) in [5.41, 5.74) is 0.260. The molecule has 1 aromatic rings. The van der Waals surface area contributed by atoms with Gasteiger partial charge in [-0.2, -0.15) is 0 Å². The molecule has 1 aromatic carbocycles. The van der Waals surface area contributed by atoms with Crippen molar-refractivity contribution in [3.05, 3.63) is 24.3 Å². The molecule has 0 radical (unpaired) electrons. The molecule has 5 nitrogen and oxygen atoms in total. The van der Waals surface area contributed by atoms with Crippen LogP contribution in [0.3, 0.4) is 0 Å². The average Bonchev–Trinajstić information content (AvgIpc) is 2.54. The van der Waals surface area contributed by atoms with E-state index in [1.165, 1.54) is 0 Å². The Kier molecular flexibility index (Phi) is 6.09. The summed E-state index contributed by atoms with van der Waals surface area (Å²) in [7, 11) is 0. The number of carbonyl (C=O) groups excluding carboxylic acids is 2. The van der Waals surface area contributed by atoms with E-state index >= 15 is 0 Å². The quantitative estimate of drug-likeness (QED) is 0.904. The lowest BCUT2D eigenvalue weighted by atomic mass is 9.91. The third-order valence-corrected chi connectivity index (χ3v) is 4.23. The van der Waals surface area contributed by atoms with Gasteiger partial charge in [0.1, 0.15) is 5.75 Å². The molecule has 1 atom stereocenters. The number of nitrogens with zero attached hydrogens (tertiary/aromatic N) is 1. The molecule has 0 bridgehead atoms. The fraction of sp³-hybridized carbons (Fsp3) is 0.600. The molecule has 5 heteroatoms. The van der Waals surface area contributed by atoms with Gasteiger partial charge in [-0.15, -0.1) is 0 Å². The zero-order valence-electron chi connectivity index (χ0n) is 16.0. The number of rotatable bonds is 4. The minimum Gasteiger partial charge on any atom is -0.489 e. The predicted molar refractivity (Wildman–Crippen MR) is 99.6 cm³/mol. The first-order chi connectivity index (χ1) is 11.7. The van der Waals surface area contributed by atoms with E-state index in [-0.39, 0.29) is 23.8 Å². The van der Waals surface area contributed by atoms with Gasteiger partial charge in [0.2, 0.25) is 11.8 Å². The molecular weight excluding hydrogens is 316 g/mol. The minimum atomic E-state index is -0.421. The van der Waals surface area contributed by atoms with E-state index in [9.17, 15) is 9.59 Å². The van der Waals surface area contributed by atoms with E-state index in [1.54, 1.807) is 0 Å². The Bertz CT molecular complexity index is 620. The van der Waals surface area contributed by atoms with E-state index in [0.717, 1.165) is 19.4 Å². The largest absolute Gasteiger partial charge is 0.489 e. The molecule has 1 fully saturated rings. The number of anilines is 1. The number of likely N-dealkylation sites (tertiary alicyclic amines) is 1. The number of hydrogen-bond acceptors (Lipinski definition) is 3. The maximum Gasteiger partial charge on any atom is 0.229 e. The number of para-hydroxylation sites is 2. The zero-order chi connectivity index (χ0) is 18.6. The summed E-state index contributed by atoms with van der Waals surface area (Å²) in [6.07, 6.45) is 1.68. The van der Waals surface area contributed by atoms with E-state index < -0.39 is 5.41 Å². The maximum atomic E-state index is 12.7. The average molecular weight is 346 g/mol. The summed E-state index contributed by atoms with van der Waals surface area (Å²) in [5, 5.41) is 2.98. The summed E-state index contributed by atoms with van der Waals surface area (Å²) >= 11 is 0. The van der Waals surface area contributed by atoms with Crippen LogP contribution in [0, 0.1) is 11.3 Å². The molecule has 0 saturated carbocycles. The highest BCUT2D eigenvalue weighted by molar-refractivity contribution is 5.94. The molecule has 0 aromatic heterocycles. The van der Waals surface area contributed by atoms with Crippen molar-refractivity contribution >= 4 is 17.5 Å². The van der Waals surface area contributed by atoms with Gasteiger partial charge in [-0.1, -0.05) is 32.9 Å². The minimum absolute atomic E-state index is 0.0348. The van der Waals surface area contributed by atoms with E-state index in [0.29, 0.717) is 18.0 Å². The highest BCUT2D eigenvalue weighted by atomic mass is 16.5. The monoisotopic (exact) mass is 346 g/mol. The second-order valence-electron chi connectivity index (χ2n) is 7.99. The fourth-order valence-corrected chi connectivity index (χ4v) is 3.01. The molecule has 2 rings (SSSR count). The second-order valence-corrected chi connectivity index (χ2v) is 7.99. The van der Waals surface area contributed by atoms with Crippen LogP contribution in [0.5, 0.6) is 5.75 Å². The number of carbonyl (C=O) groups is 2. The number of benzene rings is 1. The van der Waals surface area contributed by atoms with E-state index in [4.69, 9.17) is 4.74 Å². The van der Waals surface area contributed by atoms with Gasteiger partial charge >= 0.3 is 0 Å². The van der Waals surface area contributed by atoms with Crippen molar-refractivity contribution in [3.63, 3.8) is 0 Å². The van der Waals surface area contributed by atoms with Crippen LogP contribution in [-0.4, -0.2) is 35.9 Å². The molecule has 1 aliphatic heterocycles. The Labute approximate surface area is 150 Å². The molecule has 0 spiro atoms. The normalized spacial score (nSPS) is 18.2. The summed E-state index contributed by atoms with van der Waals surface area (Å²) in [6, 6.07) is 7.46. The molecule has 0 aliphatic carbocycles. The topological polar surface area (TPSA) is 58.6 Å². The lowest BCUT2D eigenvalue weighted by Gasteiger charge is -2.36. The summed E-state index contributed by atoms with van der Waals surface area (Å²) < 4.78 is 5.76. The predicted octanol–water partition coefficient (Wildman–Crippen LogP) is 3.70. The molecule has 2 amide bonds. The molecule has 1 aliphatic rings. The third-order valence-electron chi connectivity index (χ3n) is 4.23. The van der Waals surface area contributed by atoms with Gasteiger partial charge in [0.15, 0.2) is 0 Å². The van der Waals surface area contributed by atoms with Gasteiger partial charge in [-0.3, -0.25) is 9.59 Å². The first kappa shape index (κ1) is 19.3. The van der Waals surface area contributed by atoms with Crippen LogP contribution >= 0.6 is 0 Å². The molecule has 1 unspecified atom stereocenters. The smallest absolute Gasteiger partial charge is 0.229 e. The standard InChI is InChI=1S/C20H30N2O3/c1-14(2)25-17-11-7-6-10-16(17)21-18(23)15-9-8-12-22(13-15)19(24)20(3,4)5/h6-7,10-11,14-15H,8-9,12-13H2,1-5H3,(H,21,23). The van der Waals surface area contributed by atoms with Crippen molar-refractivity contribution in [3.8, 4) is 5.75 Å².